The largest absolute Gasteiger partial charge is 0.462 e. The molecular weight excluding hydrogens is 223 g/mol. The maximum atomic E-state index is 9.88. The molecule has 102 valence electrons. The summed E-state index contributed by atoms with van der Waals surface area (Å²) in [5, 5.41) is 19.2. The van der Waals surface area contributed by atoms with Crippen molar-refractivity contribution >= 4 is 7.12 Å². The zero-order valence-corrected chi connectivity index (χ0v) is 12.6. The second-order valence-electron chi connectivity index (χ2n) is 6.49. The van der Waals surface area contributed by atoms with Crippen LogP contribution in [-0.2, 0) is 0 Å². The third-order valence-corrected chi connectivity index (χ3v) is 4.26. The van der Waals surface area contributed by atoms with Gasteiger partial charge in [-0.15, -0.1) is 0 Å². The third-order valence-electron chi connectivity index (χ3n) is 4.26. The first-order valence-electron chi connectivity index (χ1n) is 7.00. The summed E-state index contributed by atoms with van der Waals surface area (Å²) in [4.78, 5) is 0. The lowest BCUT2D eigenvalue weighted by Crippen LogP contribution is -2.38. The Morgan fingerprint density at radius 3 is 1.94 bits per heavy atom. The molecule has 0 amide bonds. The molecule has 0 saturated carbocycles. The molecule has 0 aromatic heterocycles. The van der Waals surface area contributed by atoms with Crippen molar-refractivity contribution in [3.8, 4) is 0 Å². The molecule has 1 rings (SSSR count). The minimum Gasteiger partial charge on any atom is -0.426 e. The highest BCUT2D eigenvalue weighted by Gasteiger charge is 2.45. The highest BCUT2D eigenvalue weighted by Crippen LogP contribution is 2.50. The van der Waals surface area contributed by atoms with Crippen molar-refractivity contribution in [3.63, 3.8) is 0 Å². The molecule has 0 radical (unpaired) electrons. The molecule has 1 unspecified atom stereocenters. The zero-order chi connectivity index (χ0) is 14.1. The maximum absolute atomic E-state index is 9.88. The molecule has 1 aliphatic carbocycles. The molecule has 0 bridgehead atoms. The van der Waals surface area contributed by atoms with Gasteiger partial charge < -0.3 is 10.0 Å². The molecule has 1 aliphatic rings. The Morgan fingerprint density at radius 2 is 1.61 bits per heavy atom. The average Bonchev–Trinajstić information content (AvgIpc) is 2.27. The van der Waals surface area contributed by atoms with Gasteiger partial charge in [-0.2, -0.15) is 0 Å². The highest BCUT2D eigenvalue weighted by atomic mass is 16.4. The quantitative estimate of drug-likeness (QED) is 0.750. The molecule has 2 N–H and O–H groups in total. The summed E-state index contributed by atoms with van der Waals surface area (Å²) in [7, 11) is -1.30. The van der Waals surface area contributed by atoms with E-state index in [1.807, 2.05) is 0 Å². The van der Waals surface area contributed by atoms with Crippen LogP contribution in [0.2, 0.25) is 5.31 Å². The van der Waals surface area contributed by atoms with E-state index in [0.29, 0.717) is 11.8 Å². The Hall–Kier alpha value is -0.535. The van der Waals surface area contributed by atoms with E-state index in [9.17, 15) is 10.0 Å². The number of hydrogen-bond donors (Lipinski definition) is 2. The average molecular weight is 250 g/mol. The van der Waals surface area contributed by atoms with E-state index in [0.717, 1.165) is 6.42 Å². The van der Waals surface area contributed by atoms with Crippen molar-refractivity contribution in [1.29, 1.82) is 0 Å². The Bertz CT molecular complexity index is 344. The van der Waals surface area contributed by atoms with Gasteiger partial charge in [0.25, 0.3) is 0 Å². The van der Waals surface area contributed by atoms with Crippen LogP contribution in [0.25, 0.3) is 0 Å². The topological polar surface area (TPSA) is 40.5 Å². The third kappa shape index (κ3) is 2.89. The summed E-state index contributed by atoms with van der Waals surface area (Å²) >= 11 is 0. The van der Waals surface area contributed by atoms with E-state index < -0.39 is 12.4 Å². The van der Waals surface area contributed by atoms with Gasteiger partial charge in [-0.25, -0.2) is 0 Å². The van der Waals surface area contributed by atoms with Gasteiger partial charge in [0.15, 0.2) is 0 Å². The summed E-state index contributed by atoms with van der Waals surface area (Å²) in [6, 6.07) is 0. The monoisotopic (exact) mass is 250 g/mol. The summed E-state index contributed by atoms with van der Waals surface area (Å²) < 4.78 is 0. The lowest BCUT2D eigenvalue weighted by molar-refractivity contribution is 0.309. The Labute approximate surface area is 112 Å². The molecule has 0 aromatic carbocycles. The fourth-order valence-electron chi connectivity index (χ4n) is 2.56. The Balaban J connectivity index is 3.27. The Kier molecular flexibility index (Phi) is 4.85. The van der Waals surface area contributed by atoms with Gasteiger partial charge in [-0.1, -0.05) is 59.3 Å². The molecular formula is C15H27BO2. The van der Waals surface area contributed by atoms with Crippen molar-refractivity contribution < 1.29 is 10.0 Å². The van der Waals surface area contributed by atoms with Gasteiger partial charge in [-0.3, -0.25) is 0 Å². The lowest BCUT2D eigenvalue weighted by atomic mass is 9.47. The van der Waals surface area contributed by atoms with Crippen LogP contribution in [0.4, 0.5) is 0 Å². The molecule has 1 atom stereocenters. The lowest BCUT2D eigenvalue weighted by Gasteiger charge is -2.39. The predicted molar refractivity (Wildman–Crippen MR) is 78.2 cm³/mol. The van der Waals surface area contributed by atoms with Crippen LogP contribution in [0.15, 0.2) is 23.3 Å². The fourth-order valence-corrected chi connectivity index (χ4v) is 2.56. The van der Waals surface area contributed by atoms with Gasteiger partial charge >= 0.3 is 7.12 Å². The van der Waals surface area contributed by atoms with Gasteiger partial charge in [0.2, 0.25) is 0 Å². The molecule has 0 spiro atoms. The summed E-state index contributed by atoms with van der Waals surface area (Å²) in [6.07, 6.45) is 5.09. The van der Waals surface area contributed by atoms with Crippen LogP contribution in [0.3, 0.4) is 0 Å². The van der Waals surface area contributed by atoms with Crippen LogP contribution in [-0.4, -0.2) is 17.2 Å². The highest BCUT2D eigenvalue weighted by molar-refractivity contribution is 6.46. The number of rotatable bonds is 4. The number of hydrogen-bond acceptors (Lipinski definition) is 2. The standard InChI is InChI=1S/C15H27BO2/c1-10(2)13-7-14(11(3)4)9-15(8-13,12(5)6)16(17)18/h7-8,10-12,17-18H,9H2,1-6H3. The van der Waals surface area contributed by atoms with Gasteiger partial charge in [-0.05, 0) is 29.7 Å². The van der Waals surface area contributed by atoms with Crippen LogP contribution >= 0.6 is 0 Å². The molecule has 3 heteroatoms. The maximum Gasteiger partial charge on any atom is 0.462 e. The molecule has 0 fully saturated rings. The molecule has 18 heavy (non-hydrogen) atoms. The van der Waals surface area contributed by atoms with E-state index in [1.165, 1.54) is 11.1 Å². The van der Waals surface area contributed by atoms with E-state index in [4.69, 9.17) is 0 Å². The zero-order valence-electron chi connectivity index (χ0n) is 12.6. The first-order valence-corrected chi connectivity index (χ1v) is 7.00. The molecule has 0 aliphatic heterocycles. The van der Waals surface area contributed by atoms with Crippen LogP contribution in [0.5, 0.6) is 0 Å². The fraction of sp³-hybridized carbons (Fsp3) is 0.733. The van der Waals surface area contributed by atoms with Gasteiger partial charge in [0.1, 0.15) is 0 Å². The second-order valence-corrected chi connectivity index (χ2v) is 6.49. The normalized spacial score (nSPS) is 24.6. The molecule has 2 nitrogen and oxygen atoms in total. The van der Waals surface area contributed by atoms with E-state index in [-0.39, 0.29) is 5.92 Å². The van der Waals surface area contributed by atoms with E-state index >= 15 is 0 Å². The minimum absolute atomic E-state index is 0.202. The molecule has 0 aromatic rings. The second kappa shape index (κ2) is 5.62. The van der Waals surface area contributed by atoms with Crippen molar-refractivity contribution in [2.24, 2.45) is 17.8 Å². The van der Waals surface area contributed by atoms with Crippen LogP contribution < -0.4 is 0 Å². The van der Waals surface area contributed by atoms with Crippen molar-refractivity contribution in [2.45, 2.75) is 53.3 Å². The SMILES string of the molecule is CC(C)C1=CC(B(O)O)(C(C)C)CC(C(C)C)=C1. The van der Waals surface area contributed by atoms with E-state index in [2.05, 4.69) is 53.7 Å². The van der Waals surface area contributed by atoms with Crippen molar-refractivity contribution in [1.82, 2.24) is 0 Å². The first kappa shape index (κ1) is 15.5. The number of allylic oxidation sites excluding steroid dienone is 4. The summed E-state index contributed by atoms with van der Waals surface area (Å²) in [6.45, 7) is 12.8. The molecule has 0 saturated heterocycles. The van der Waals surface area contributed by atoms with E-state index in [1.54, 1.807) is 0 Å². The smallest absolute Gasteiger partial charge is 0.426 e. The van der Waals surface area contributed by atoms with Crippen LogP contribution in [0.1, 0.15) is 48.0 Å². The predicted octanol–water partition coefficient (Wildman–Crippen LogP) is 3.42. The van der Waals surface area contributed by atoms with Crippen molar-refractivity contribution in [3.05, 3.63) is 23.3 Å². The Morgan fingerprint density at radius 1 is 1.06 bits per heavy atom. The van der Waals surface area contributed by atoms with Crippen LogP contribution in [0, 0.1) is 17.8 Å². The summed E-state index contributed by atoms with van der Waals surface area (Å²) in [5.41, 5.74) is 2.55. The van der Waals surface area contributed by atoms with Gasteiger partial charge in [0, 0.05) is 5.31 Å². The van der Waals surface area contributed by atoms with Crippen molar-refractivity contribution in [2.75, 3.05) is 0 Å². The molecule has 0 heterocycles. The summed E-state index contributed by atoms with van der Waals surface area (Å²) in [5.74, 6) is 1.06. The minimum atomic E-state index is -1.30. The first-order chi connectivity index (χ1) is 8.20. The van der Waals surface area contributed by atoms with Gasteiger partial charge in [0.05, 0.1) is 0 Å².